The lowest BCUT2D eigenvalue weighted by atomic mass is 10.2. The summed E-state index contributed by atoms with van der Waals surface area (Å²) in [6.07, 6.45) is -0.355. The van der Waals surface area contributed by atoms with E-state index in [0.717, 1.165) is 11.0 Å². The molecular weight excluding hydrogens is 186 g/mol. The molecule has 0 fully saturated rings. The van der Waals surface area contributed by atoms with E-state index < -0.39 is 0 Å². The number of aliphatic hydroxyl groups is 1. The van der Waals surface area contributed by atoms with Crippen LogP contribution >= 0.6 is 11.5 Å². The van der Waals surface area contributed by atoms with Crippen LogP contribution in [0.4, 0.5) is 5.13 Å². The average Bonchev–Trinajstić information content (AvgIpc) is 2.48. The lowest BCUT2D eigenvalue weighted by Gasteiger charge is -2.03. The van der Waals surface area contributed by atoms with Gasteiger partial charge in [0.2, 0.25) is 5.13 Å². The maximum Gasteiger partial charge on any atom is 0.202 e. The Morgan fingerprint density at radius 3 is 2.62 bits per heavy atom. The first-order chi connectivity index (χ1) is 6.09. The summed E-state index contributed by atoms with van der Waals surface area (Å²) < 4.78 is 4.18. The van der Waals surface area contributed by atoms with Crippen molar-refractivity contribution in [1.29, 1.82) is 0 Å². The number of rotatable bonds is 4. The Kier molecular flexibility index (Phi) is 3.62. The van der Waals surface area contributed by atoms with E-state index in [-0.39, 0.29) is 6.10 Å². The van der Waals surface area contributed by atoms with Crippen molar-refractivity contribution in [3.8, 4) is 0 Å². The molecule has 0 saturated heterocycles. The number of anilines is 1. The molecule has 0 saturated carbocycles. The van der Waals surface area contributed by atoms with Gasteiger partial charge in [0.25, 0.3) is 0 Å². The van der Waals surface area contributed by atoms with Gasteiger partial charge >= 0.3 is 0 Å². The first-order valence-electron chi connectivity index (χ1n) is 4.35. The molecule has 1 aromatic heterocycles. The highest BCUT2D eigenvalue weighted by molar-refractivity contribution is 7.09. The first-order valence-corrected chi connectivity index (χ1v) is 5.12. The monoisotopic (exact) mass is 201 g/mol. The summed E-state index contributed by atoms with van der Waals surface area (Å²) in [6.45, 7) is 6.37. The van der Waals surface area contributed by atoms with E-state index in [0.29, 0.717) is 12.5 Å². The summed E-state index contributed by atoms with van der Waals surface area (Å²) in [7, 11) is 0. The van der Waals surface area contributed by atoms with Crippen LogP contribution in [0.1, 0.15) is 32.5 Å². The minimum absolute atomic E-state index is 0.355. The first kappa shape index (κ1) is 10.4. The zero-order chi connectivity index (χ0) is 9.84. The predicted octanol–water partition coefficient (Wildman–Crippen LogP) is 1.45. The fraction of sp³-hybridized carbons (Fsp3) is 0.750. The molecule has 0 amide bonds. The van der Waals surface area contributed by atoms with Gasteiger partial charge in [-0.2, -0.15) is 4.37 Å². The van der Waals surface area contributed by atoms with Crippen molar-refractivity contribution in [2.45, 2.75) is 32.8 Å². The van der Waals surface area contributed by atoms with Gasteiger partial charge in [0.15, 0.2) is 0 Å². The molecule has 0 aliphatic rings. The third kappa shape index (κ3) is 3.28. The quantitative estimate of drug-likeness (QED) is 0.774. The minimum atomic E-state index is -0.355. The van der Waals surface area contributed by atoms with Gasteiger partial charge in [-0.1, -0.05) is 13.8 Å². The molecule has 5 heteroatoms. The highest BCUT2D eigenvalue weighted by Gasteiger charge is 2.07. The molecule has 0 bridgehead atoms. The number of aromatic nitrogens is 2. The topological polar surface area (TPSA) is 58.0 Å². The van der Waals surface area contributed by atoms with Crippen LogP contribution in [0.2, 0.25) is 0 Å². The summed E-state index contributed by atoms with van der Waals surface area (Å²) in [5.74, 6) is 1.22. The van der Waals surface area contributed by atoms with Crippen molar-refractivity contribution < 1.29 is 5.11 Å². The van der Waals surface area contributed by atoms with Crippen molar-refractivity contribution in [2.24, 2.45) is 0 Å². The molecular formula is C8H15N3OS. The maximum atomic E-state index is 9.02. The van der Waals surface area contributed by atoms with Gasteiger partial charge in [0.05, 0.1) is 6.10 Å². The van der Waals surface area contributed by atoms with Gasteiger partial charge in [0, 0.05) is 24.0 Å². The number of nitrogens with zero attached hydrogens (tertiary/aromatic N) is 2. The fourth-order valence-corrected chi connectivity index (χ4v) is 1.49. The summed E-state index contributed by atoms with van der Waals surface area (Å²) in [4.78, 5) is 4.27. The second kappa shape index (κ2) is 4.53. The molecule has 1 aromatic rings. The van der Waals surface area contributed by atoms with E-state index in [4.69, 9.17) is 5.11 Å². The van der Waals surface area contributed by atoms with Crippen LogP contribution in [0, 0.1) is 0 Å². The molecule has 74 valence electrons. The summed E-state index contributed by atoms with van der Waals surface area (Å²) in [5, 5.41) is 12.8. The van der Waals surface area contributed by atoms with Gasteiger partial charge in [-0.05, 0) is 6.92 Å². The van der Waals surface area contributed by atoms with Crippen molar-refractivity contribution in [1.82, 2.24) is 9.36 Å². The zero-order valence-corrected chi connectivity index (χ0v) is 8.93. The molecule has 1 rings (SSSR count). The number of aliphatic hydroxyl groups excluding tert-OH is 1. The lowest BCUT2D eigenvalue weighted by Crippen LogP contribution is -2.15. The largest absolute Gasteiger partial charge is 0.392 e. The fourth-order valence-electron chi connectivity index (χ4n) is 0.776. The standard InChI is InChI=1S/C8H15N3OS/c1-5(2)7-10-8(13-11-7)9-4-6(3)12/h5-6,12H,4H2,1-3H3,(H,9,10,11)/t6-/m0/s1. The number of hydrogen-bond acceptors (Lipinski definition) is 5. The number of nitrogens with one attached hydrogen (secondary N) is 1. The normalized spacial score (nSPS) is 13.3. The Bertz CT molecular complexity index is 260. The molecule has 13 heavy (non-hydrogen) atoms. The van der Waals surface area contributed by atoms with E-state index in [1.54, 1.807) is 6.92 Å². The molecule has 0 aliphatic heterocycles. The second-order valence-corrected chi connectivity index (χ2v) is 4.09. The van der Waals surface area contributed by atoms with E-state index in [1.807, 2.05) is 0 Å². The SMILES string of the molecule is CC(C)c1nsc(NC[C@H](C)O)n1. The smallest absolute Gasteiger partial charge is 0.202 e. The van der Waals surface area contributed by atoms with Crippen molar-refractivity contribution in [2.75, 3.05) is 11.9 Å². The van der Waals surface area contributed by atoms with Gasteiger partial charge in [-0.15, -0.1) is 0 Å². The van der Waals surface area contributed by atoms with Crippen molar-refractivity contribution in [3.63, 3.8) is 0 Å². The molecule has 1 atom stereocenters. The molecule has 0 radical (unpaired) electrons. The van der Waals surface area contributed by atoms with Crippen LogP contribution in [-0.2, 0) is 0 Å². The second-order valence-electron chi connectivity index (χ2n) is 3.34. The Balaban J connectivity index is 2.49. The molecule has 0 aromatic carbocycles. The van der Waals surface area contributed by atoms with Crippen molar-refractivity contribution in [3.05, 3.63) is 5.82 Å². The average molecular weight is 201 g/mol. The van der Waals surface area contributed by atoms with E-state index in [2.05, 4.69) is 28.5 Å². The maximum absolute atomic E-state index is 9.02. The minimum Gasteiger partial charge on any atom is -0.392 e. The van der Waals surface area contributed by atoms with Gasteiger partial charge in [0.1, 0.15) is 5.82 Å². The molecule has 0 aliphatic carbocycles. The van der Waals surface area contributed by atoms with Gasteiger partial charge in [-0.25, -0.2) is 4.98 Å². The van der Waals surface area contributed by atoms with Crippen LogP contribution in [0.25, 0.3) is 0 Å². The molecule has 1 heterocycles. The Labute approximate surface area is 82.2 Å². The highest BCUT2D eigenvalue weighted by atomic mass is 32.1. The van der Waals surface area contributed by atoms with Crippen LogP contribution in [0.3, 0.4) is 0 Å². The van der Waals surface area contributed by atoms with E-state index in [9.17, 15) is 0 Å². The molecule has 4 nitrogen and oxygen atoms in total. The lowest BCUT2D eigenvalue weighted by molar-refractivity contribution is 0.208. The zero-order valence-electron chi connectivity index (χ0n) is 8.11. The van der Waals surface area contributed by atoms with Crippen LogP contribution in [0.15, 0.2) is 0 Å². The predicted molar refractivity (Wildman–Crippen MR) is 54.2 cm³/mol. The third-order valence-electron chi connectivity index (χ3n) is 1.51. The van der Waals surface area contributed by atoms with Gasteiger partial charge in [-0.3, -0.25) is 0 Å². The number of hydrogen-bond donors (Lipinski definition) is 2. The van der Waals surface area contributed by atoms with Crippen molar-refractivity contribution >= 4 is 16.7 Å². The Morgan fingerprint density at radius 2 is 2.15 bits per heavy atom. The molecule has 0 unspecified atom stereocenters. The van der Waals surface area contributed by atoms with E-state index >= 15 is 0 Å². The van der Waals surface area contributed by atoms with Gasteiger partial charge < -0.3 is 10.4 Å². The summed E-state index contributed by atoms with van der Waals surface area (Å²) >= 11 is 1.34. The van der Waals surface area contributed by atoms with Crippen LogP contribution in [0.5, 0.6) is 0 Å². The van der Waals surface area contributed by atoms with Crippen LogP contribution < -0.4 is 5.32 Å². The molecule has 0 spiro atoms. The Hall–Kier alpha value is -0.680. The molecule has 2 N–H and O–H groups in total. The summed E-state index contributed by atoms with van der Waals surface area (Å²) in [6, 6.07) is 0. The van der Waals surface area contributed by atoms with Crippen LogP contribution in [-0.4, -0.2) is 27.1 Å². The third-order valence-corrected chi connectivity index (χ3v) is 2.19. The summed E-state index contributed by atoms with van der Waals surface area (Å²) in [5.41, 5.74) is 0. The van der Waals surface area contributed by atoms with E-state index in [1.165, 1.54) is 11.5 Å². The highest BCUT2D eigenvalue weighted by Crippen LogP contribution is 2.16. The Morgan fingerprint density at radius 1 is 1.46 bits per heavy atom.